The van der Waals surface area contributed by atoms with Gasteiger partial charge in [0.1, 0.15) is 0 Å². The minimum Gasteiger partial charge on any atom is -0.374 e. The predicted molar refractivity (Wildman–Crippen MR) is 87.3 cm³/mol. The number of allylic oxidation sites excluding steroid dienone is 3. The van der Waals surface area contributed by atoms with Crippen LogP contribution in [0.1, 0.15) is 33.6 Å². The fourth-order valence-corrected chi connectivity index (χ4v) is 1.72. The molecule has 2 nitrogen and oxygen atoms in total. The first kappa shape index (κ1) is 18.0. The van der Waals surface area contributed by atoms with Crippen molar-refractivity contribution in [1.29, 1.82) is 0 Å². The van der Waals surface area contributed by atoms with Crippen LogP contribution in [0.25, 0.3) is 0 Å². The van der Waals surface area contributed by atoms with Gasteiger partial charge in [-0.05, 0) is 44.0 Å². The summed E-state index contributed by atoms with van der Waals surface area (Å²) in [4.78, 5) is 4.36. The molecule has 0 N–H and O–H groups in total. The van der Waals surface area contributed by atoms with Gasteiger partial charge in [0.05, 0.1) is 0 Å². The van der Waals surface area contributed by atoms with Gasteiger partial charge in [-0.25, -0.2) is 0 Å². The first-order valence-corrected chi connectivity index (χ1v) is 7.19. The van der Waals surface area contributed by atoms with Gasteiger partial charge in [-0.1, -0.05) is 40.0 Å². The highest BCUT2D eigenvalue weighted by Gasteiger charge is 2.21. The summed E-state index contributed by atoms with van der Waals surface area (Å²) in [6.45, 7) is 17.1. The maximum absolute atomic E-state index is 4.22. The average Bonchev–Trinajstić information content (AvgIpc) is 2.40. The Balaban J connectivity index is 4.47. The van der Waals surface area contributed by atoms with E-state index in [1.165, 1.54) is 5.57 Å². The van der Waals surface area contributed by atoms with Crippen molar-refractivity contribution in [3.63, 3.8) is 0 Å². The van der Waals surface area contributed by atoms with E-state index in [1.54, 1.807) is 0 Å². The van der Waals surface area contributed by atoms with Crippen molar-refractivity contribution in [3.05, 3.63) is 36.6 Å². The lowest BCUT2D eigenvalue weighted by Crippen LogP contribution is -2.27. The monoisotopic (exact) mass is 264 g/mol. The topological polar surface area (TPSA) is 6.48 Å². The van der Waals surface area contributed by atoms with E-state index in [-0.39, 0.29) is 5.41 Å². The molecule has 19 heavy (non-hydrogen) atoms. The molecule has 0 atom stereocenters. The van der Waals surface area contributed by atoms with Crippen LogP contribution in [0, 0.1) is 5.41 Å². The first-order chi connectivity index (χ1) is 8.76. The standard InChI is InChI=1S/C17H32N2/c1-9-17(5,10-2)15(3)11-12-16(4)19(8)14-13-18(6)7/h11-12H,3-4,9-10,13-14H2,1-2,5-8H3/b12-11-. The smallest absolute Gasteiger partial charge is 0.0302 e. The maximum Gasteiger partial charge on any atom is 0.0302 e. The van der Waals surface area contributed by atoms with E-state index in [0.29, 0.717) is 0 Å². The van der Waals surface area contributed by atoms with Gasteiger partial charge in [0.15, 0.2) is 0 Å². The molecule has 0 heterocycles. The predicted octanol–water partition coefficient (Wildman–Crippen LogP) is 3.93. The molecule has 0 radical (unpaired) electrons. The van der Waals surface area contributed by atoms with Crippen LogP contribution in [0.2, 0.25) is 0 Å². The molecule has 0 bridgehead atoms. The molecular formula is C17H32N2. The molecule has 0 aliphatic carbocycles. The third-order valence-electron chi connectivity index (χ3n) is 4.19. The molecule has 0 rings (SSSR count). The molecule has 0 aromatic heterocycles. The Hall–Kier alpha value is -1.02. The average molecular weight is 264 g/mol. The lowest BCUT2D eigenvalue weighted by Gasteiger charge is -2.28. The van der Waals surface area contributed by atoms with Crippen molar-refractivity contribution in [2.24, 2.45) is 5.41 Å². The second-order valence-electron chi connectivity index (χ2n) is 5.84. The Labute approximate surface area is 120 Å². The molecule has 0 saturated carbocycles. The van der Waals surface area contributed by atoms with Gasteiger partial charge in [-0.3, -0.25) is 0 Å². The molecule has 0 spiro atoms. The Kier molecular flexibility index (Phi) is 7.77. The largest absolute Gasteiger partial charge is 0.374 e. The molecule has 0 fully saturated rings. The van der Waals surface area contributed by atoms with Crippen LogP contribution in [-0.4, -0.2) is 44.0 Å². The molecule has 0 aromatic carbocycles. The summed E-state index contributed by atoms with van der Waals surface area (Å²) >= 11 is 0. The highest BCUT2D eigenvalue weighted by atomic mass is 15.2. The van der Waals surface area contributed by atoms with Gasteiger partial charge in [-0.2, -0.15) is 0 Å². The van der Waals surface area contributed by atoms with Gasteiger partial charge in [0, 0.05) is 25.8 Å². The van der Waals surface area contributed by atoms with E-state index in [9.17, 15) is 0 Å². The second kappa shape index (κ2) is 8.21. The summed E-state index contributed by atoms with van der Waals surface area (Å²) in [5, 5.41) is 0. The quantitative estimate of drug-likeness (QED) is 0.582. The van der Waals surface area contributed by atoms with Crippen molar-refractivity contribution in [1.82, 2.24) is 9.80 Å². The van der Waals surface area contributed by atoms with E-state index in [1.807, 2.05) is 0 Å². The van der Waals surface area contributed by atoms with Gasteiger partial charge in [0.2, 0.25) is 0 Å². The van der Waals surface area contributed by atoms with Crippen LogP contribution in [0.3, 0.4) is 0 Å². The zero-order valence-corrected chi connectivity index (χ0v) is 13.8. The minimum atomic E-state index is 0.207. The molecule has 0 unspecified atom stereocenters. The Morgan fingerprint density at radius 2 is 1.53 bits per heavy atom. The molecule has 0 aromatic rings. The van der Waals surface area contributed by atoms with E-state index >= 15 is 0 Å². The van der Waals surface area contributed by atoms with E-state index in [4.69, 9.17) is 0 Å². The summed E-state index contributed by atoms with van der Waals surface area (Å²) in [7, 11) is 6.25. The van der Waals surface area contributed by atoms with Crippen LogP contribution >= 0.6 is 0 Å². The number of hydrogen-bond acceptors (Lipinski definition) is 2. The highest BCUT2D eigenvalue weighted by Crippen LogP contribution is 2.34. The fourth-order valence-electron chi connectivity index (χ4n) is 1.72. The van der Waals surface area contributed by atoms with Crippen LogP contribution in [0.4, 0.5) is 0 Å². The van der Waals surface area contributed by atoms with Crippen LogP contribution < -0.4 is 0 Å². The van der Waals surface area contributed by atoms with Crippen LogP contribution in [0.15, 0.2) is 36.6 Å². The van der Waals surface area contributed by atoms with Crippen molar-refractivity contribution < 1.29 is 0 Å². The number of likely N-dealkylation sites (N-methyl/N-ethyl adjacent to an activating group) is 2. The third-order valence-corrected chi connectivity index (χ3v) is 4.19. The van der Waals surface area contributed by atoms with E-state index < -0.39 is 0 Å². The van der Waals surface area contributed by atoms with Gasteiger partial charge in [-0.15, -0.1) is 0 Å². The summed E-state index contributed by atoms with van der Waals surface area (Å²) < 4.78 is 0. The molecule has 0 aliphatic rings. The van der Waals surface area contributed by atoms with Gasteiger partial charge < -0.3 is 9.80 Å². The first-order valence-electron chi connectivity index (χ1n) is 7.19. The second-order valence-corrected chi connectivity index (χ2v) is 5.84. The molecular weight excluding hydrogens is 232 g/mol. The van der Waals surface area contributed by atoms with Crippen LogP contribution in [-0.2, 0) is 0 Å². The van der Waals surface area contributed by atoms with Crippen molar-refractivity contribution >= 4 is 0 Å². The Morgan fingerprint density at radius 1 is 1.00 bits per heavy atom. The maximum atomic E-state index is 4.22. The van der Waals surface area contributed by atoms with E-state index in [2.05, 4.69) is 77.0 Å². The zero-order chi connectivity index (χ0) is 15.1. The summed E-state index contributed by atoms with van der Waals surface area (Å²) in [6.07, 6.45) is 6.45. The third kappa shape index (κ3) is 6.11. The minimum absolute atomic E-state index is 0.207. The summed E-state index contributed by atoms with van der Waals surface area (Å²) in [5.74, 6) is 0. The van der Waals surface area contributed by atoms with Gasteiger partial charge >= 0.3 is 0 Å². The van der Waals surface area contributed by atoms with Crippen LogP contribution in [0.5, 0.6) is 0 Å². The number of hydrogen-bond donors (Lipinski definition) is 0. The summed E-state index contributed by atoms with van der Waals surface area (Å²) in [5.41, 5.74) is 2.44. The molecule has 2 heteroatoms. The molecule has 110 valence electrons. The van der Waals surface area contributed by atoms with Crippen molar-refractivity contribution in [2.75, 3.05) is 34.2 Å². The highest BCUT2D eigenvalue weighted by molar-refractivity contribution is 5.28. The number of rotatable bonds is 9. The lowest BCUT2D eigenvalue weighted by molar-refractivity contribution is 0.331. The Bertz CT molecular complexity index is 322. The molecule has 0 amide bonds. The Morgan fingerprint density at radius 3 is 1.95 bits per heavy atom. The normalized spacial score (nSPS) is 12.2. The van der Waals surface area contributed by atoms with Crippen molar-refractivity contribution in [3.8, 4) is 0 Å². The van der Waals surface area contributed by atoms with Gasteiger partial charge in [0.25, 0.3) is 0 Å². The van der Waals surface area contributed by atoms with Crippen molar-refractivity contribution in [2.45, 2.75) is 33.6 Å². The molecule has 0 aliphatic heterocycles. The van der Waals surface area contributed by atoms with E-state index in [0.717, 1.165) is 31.6 Å². The lowest BCUT2D eigenvalue weighted by atomic mass is 9.78. The fraction of sp³-hybridized carbons (Fsp3) is 0.647. The number of nitrogens with zero attached hydrogens (tertiary/aromatic N) is 2. The zero-order valence-electron chi connectivity index (χ0n) is 13.8. The summed E-state index contributed by atoms with van der Waals surface area (Å²) in [6, 6.07) is 0. The molecule has 0 saturated heterocycles. The SMILES string of the molecule is C=C(/C=C\C(=C)C(C)(CC)CC)N(C)CCN(C)C.